The molecule has 0 aliphatic rings. The largest absolute Gasteiger partial charge is 0.385 e. The summed E-state index contributed by atoms with van der Waals surface area (Å²) in [5.74, 6) is 0.939. The fourth-order valence-corrected chi connectivity index (χ4v) is 2.53. The van der Waals surface area contributed by atoms with E-state index in [0.717, 1.165) is 42.3 Å². The highest BCUT2D eigenvalue weighted by Gasteiger charge is 2.26. The number of unbranched alkanes of at least 4 members (excludes halogenated alkanes) is 1. The van der Waals surface area contributed by atoms with E-state index in [-0.39, 0.29) is 5.60 Å². The number of aryl methyl sites for hydroxylation is 1. The molecule has 0 bridgehead atoms. The molecule has 2 rings (SSSR count). The molecule has 5 heteroatoms. The number of anilines is 1. The highest BCUT2D eigenvalue weighted by Crippen LogP contribution is 2.27. The minimum atomic E-state index is -0.383. The second-order valence-corrected chi connectivity index (χ2v) is 6.49. The van der Waals surface area contributed by atoms with Crippen molar-refractivity contribution in [3.8, 4) is 0 Å². The predicted octanol–water partition coefficient (Wildman–Crippen LogP) is 5.74. The molecule has 0 aliphatic heterocycles. The van der Waals surface area contributed by atoms with Gasteiger partial charge in [-0.25, -0.2) is 4.98 Å². The SMILES string of the molecule is CC.CCCCOCC.CCNc1ccc2c(c1)nc(C(C)(C)OC)n2C. The molecule has 0 spiro atoms. The van der Waals surface area contributed by atoms with Gasteiger partial charge in [0.1, 0.15) is 11.4 Å². The number of aromatic nitrogens is 2. The molecule has 0 saturated heterocycles. The fraction of sp³-hybridized carbons (Fsp3) is 0.682. The van der Waals surface area contributed by atoms with Gasteiger partial charge in [0.2, 0.25) is 0 Å². The lowest BCUT2D eigenvalue weighted by molar-refractivity contribution is 0.00967. The van der Waals surface area contributed by atoms with E-state index >= 15 is 0 Å². The molecular weight excluding hydrogens is 338 g/mol. The topological polar surface area (TPSA) is 48.3 Å². The molecule has 1 heterocycles. The molecule has 1 aromatic carbocycles. The Labute approximate surface area is 166 Å². The van der Waals surface area contributed by atoms with Crippen LogP contribution in [0, 0.1) is 0 Å². The van der Waals surface area contributed by atoms with Crippen molar-refractivity contribution in [3.63, 3.8) is 0 Å². The van der Waals surface area contributed by atoms with Gasteiger partial charge in [-0.3, -0.25) is 0 Å². The van der Waals surface area contributed by atoms with Crippen molar-refractivity contribution in [3.05, 3.63) is 24.0 Å². The van der Waals surface area contributed by atoms with Crippen molar-refractivity contribution in [1.82, 2.24) is 9.55 Å². The Hall–Kier alpha value is -1.59. The molecule has 156 valence electrons. The standard InChI is InChI=1S/C14H21N3O.C6H14O.C2H6/c1-6-15-10-7-8-12-11(9-10)16-13(17(12)4)14(2,3)18-5;1-3-5-6-7-4-2;1-2/h7-9,15H,6H2,1-5H3;3-6H2,1-2H3;1-2H3. The Morgan fingerprint density at radius 2 is 1.81 bits per heavy atom. The Morgan fingerprint density at radius 3 is 2.33 bits per heavy atom. The lowest BCUT2D eigenvalue weighted by Crippen LogP contribution is -2.23. The molecule has 0 amide bonds. The van der Waals surface area contributed by atoms with Gasteiger partial charge in [-0.15, -0.1) is 0 Å². The second kappa shape index (κ2) is 13.6. The summed E-state index contributed by atoms with van der Waals surface area (Å²) in [7, 11) is 3.74. The first-order valence-corrected chi connectivity index (χ1v) is 10.2. The average Bonchev–Trinajstić information content (AvgIpc) is 3.01. The Balaban J connectivity index is 0.000000637. The molecule has 0 saturated carbocycles. The van der Waals surface area contributed by atoms with Gasteiger partial charge in [0, 0.05) is 39.6 Å². The lowest BCUT2D eigenvalue weighted by atomic mass is 10.1. The number of nitrogens with zero attached hydrogens (tertiary/aromatic N) is 2. The van der Waals surface area contributed by atoms with Gasteiger partial charge in [-0.1, -0.05) is 27.2 Å². The van der Waals surface area contributed by atoms with Crippen molar-refractivity contribution in [2.45, 2.75) is 66.9 Å². The molecule has 0 aliphatic carbocycles. The molecule has 0 fully saturated rings. The Morgan fingerprint density at radius 1 is 1.15 bits per heavy atom. The third kappa shape index (κ3) is 7.89. The number of fused-ring (bicyclic) bond motifs is 1. The molecule has 0 atom stereocenters. The summed E-state index contributed by atoms with van der Waals surface area (Å²) in [6.45, 7) is 17.0. The lowest BCUT2D eigenvalue weighted by Gasteiger charge is -2.22. The van der Waals surface area contributed by atoms with E-state index in [4.69, 9.17) is 14.5 Å². The molecule has 27 heavy (non-hydrogen) atoms. The minimum absolute atomic E-state index is 0.383. The van der Waals surface area contributed by atoms with Crippen LogP contribution in [0.15, 0.2) is 18.2 Å². The van der Waals surface area contributed by atoms with Crippen LogP contribution >= 0.6 is 0 Å². The zero-order valence-electron chi connectivity index (χ0n) is 19.0. The van der Waals surface area contributed by atoms with Gasteiger partial charge in [-0.05, 0) is 52.3 Å². The van der Waals surface area contributed by atoms with Crippen LogP contribution in [0.4, 0.5) is 5.69 Å². The Kier molecular flexibility index (Phi) is 12.8. The highest BCUT2D eigenvalue weighted by molar-refractivity contribution is 5.80. The summed E-state index contributed by atoms with van der Waals surface area (Å²) in [6, 6.07) is 6.25. The maximum atomic E-state index is 5.51. The summed E-state index contributed by atoms with van der Waals surface area (Å²) in [5, 5.41) is 3.30. The molecule has 0 unspecified atom stereocenters. The fourth-order valence-electron chi connectivity index (χ4n) is 2.53. The van der Waals surface area contributed by atoms with Gasteiger partial charge >= 0.3 is 0 Å². The van der Waals surface area contributed by atoms with Crippen LogP contribution < -0.4 is 5.32 Å². The maximum Gasteiger partial charge on any atom is 0.141 e. The number of methoxy groups -OCH3 is 1. The number of hydrogen-bond acceptors (Lipinski definition) is 4. The van der Waals surface area contributed by atoms with Crippen LogP contribution in [0.2, 0.25) is 0 Å². The molecular formula is C22H41N3O2. The summed E-state index contributed by atoms with van der Waals surface area (Å²) in [4.78, 5) is 4.70. The maximum absolute atomic E-state index is 5.51. The van der Waals surface area contributed by atoms with Crippen LogP contribution in [0.1, 0.15) is 67.1 Å². The molecule has 1 aromatic heterocycles. The van der Waals surface area contributed by atoms with Crippen molar-refractivity contribution >= 4 is 16.7 Å². The zero-order valence-corrected chi connectivity index (χ0v) is 19.0. The Bertz CT molecular complexity index is 632. The normalized spacial score (nSPS) is 10.7. The smallest absolute Gasteiger partial charge is 0.141 e. The van der Waals surface area contributed by atoms with Crippen molar-refractivity contribution in [2.24, 2.45) is 7.05 Å². The van der Waals surface area contributed by atoms with E-state index in [2.05, 4.69) is 41.9 Å². The number of benzene rings is 1. The van der Waals surface area contributed by atoms with Gasteiger partial charge < -0.3 is 19.4 Å². The van der Waals surface area contributed by atoms with Crippen molar-refractivity contribution in [2.75, 3.05) is 32.2 Å². The van der Waals surface area contributed by atoms with Crippen molar-refractivity contribution < 1.29 is 9.47 Å². The summed E-state index contributed by atoms with van der Waals surface area (Å²) >= 11 is 0. The first kappa shape index (κ1) is 25.4. The van der Waals surface area contributed by atoms with E-state index in [1.54, 1.807) is 7.11 Å². The van der Waals surface area contributed by atoms with E-state index < -0.39 is 0 Å². The van der Waals surface area contributed by atoms with E-state index in [1.165, 1.54) is 12.8 Å². The molecule has 2 aromatic rings. The number of nitrogens with one attached hydrogen (secondary N) is 1. The van der Waals surface area contributed by atoms with E-state index in [9.17, 15) is 0 Å². The molecule has 5 nitrogen and oxygen atoms in total. The van der Waals surface area contributed by atoms with Crippen LogP contribution in [0.5, 0.6) is 0 Å². The summed E-state index contributed by atoms with van der Waals surface area (Å²) in [6.07, 6.45) is 2.44. The monoisotopic (exact) mass is 379 g/mol. The molecule has 0 radical (unpaired) electrons. The predicted molar refractivity (Wildman–Crippen MR) is 118 cm³/mol. The van der Waals surface area contributed by atoms with E-state index in [1.807, 2.05) is 41.7 Å². The highest BCUT2D eigenvalue weighted by atomic mass is 16.5. The summed E-state index contributed by atoms with van der Waals surface area (Å²) < 4.78 is 12.7. The number of ether oxygens (including phenoxy) is 2. The first-order valence-electron chi connectivity index (χ1n) is 10.2. The van der Waals surface area contributed by atoms with Crippen LogP contribution in [-0.4, -0.2) is 36.4 Å². The van der Waals surface area contributed by atoms with Gasteiger partial charge in [0.15, 0.2) is 0 Å². The minimum Gasteiger partial charge on any atom is -0.385 e. The van der Waals surface area contributed by atoms with Gasteiger partial charge in [0.25, 0.3) is 0 Å². The van der Waals surface area contributed by atoms with E-state index in [0.29, 0.717) is 0 Å². The third-order valence-corrected chi connectivity index (χ3v) is 4.16. The third-order valence-electron chi connectivity index (χ3n) is 4.16. The summed E-state index contributed by atoms with van der Waals surface area (Å²) in [5.41, 5.74) is 2.84. The molecule has 1 N–H and O–H groups in total. The van der Waals surface area contributed by atoms with Crippen molar-refractivity contribution in [1.29, 1.82) is 0 Å². The number of rotatable bonds is 8. The van der Waals surface area contributed by atoms with Crippen LogP contribution in [0.25, 0.3) is 11.0 Å². The average molecular weight is 380 g/mol. The van der Waals surface area contributed by atoms with Gasteiger partial charge in [0.05, 0.1) is 11.0 Å². The number of hydrogen-bond donors (Lipinski definition) is 1. The first-order chi connectivity index (χ1) is 12.9. The number of imidazole rings is 1. The quantitative estimate of drug-likeness (QED) is 0.595. The van der Waals surface area contributed by atoms with Crippen LogP contribution in [-0.2, 0) is 22.1 Å². The zero-order chi connectivity index (χ0) is 20.9. The second-order valence-electron chi connectivity index (χ2n) is 6.49. The van der Waals surface area contributed by atoms with Gasteiger partial charge in [-0.2, -0.15) is 0 Å². The van der Waals surface area contributed by atoms with Crippen LogP contribution in [0.3, 0.4) is 0 Å².